The van der Waals surface area contributed by atoms with E-state index in [1.807, 2.05) is 0 Å². The Kier molecular flexibility index (Phi) is 4.71. The molecule has 0 atom stereocenters. The highest BCUT2D eigenvalue weighted by Gasteiger charge is 2.14. The van der Waals surface area contributed by atoms with Gasteiger partial charge in [0.25, 0.3) is 11.6 Å². The van der Waals surface area contributed by atoms with E-state index in [2.05, 4.69) is 27.9 Å². The Morgan fingerprint density at radius 2 is 2.25 bits per heavy atom. The van der Waals surface area contributed by atoms with Crippen molar-refractivity contribution in [3.8, 4) is 0 Å². The highest BCUT2D eigenvalue weighted by Crippen LogP contribution is 2.21. The Morgan fingerprint density at radius 3 is 2.85 bits per heavy atom. The number of nitrogens with one attached hydrogen (secondary N) is 1. The van der Waals surface area contributed by atoms with E-state index in [-0.39, 0.29) is 18.1 Å². The molecule has 2 rings (SSSR count). The molecule has 5 nitrogen and oxygen atoms in total. The molecule has 0 aliphatic heterocycles. The molecule has 20 heavy (non-hydrogen) atoms. The van der Waals surface area contributed by atoms with E-state index < -0.39 is 4.92 Å². The third-order valence-corrected chi connectivity index (χ3v) is 4.67. The molecule has 104 valence electrons. The minimum Gasteiger partial charge on any atom is -0.348 e. The van der Waals surface area contributed by atoms with E-state index in [4.69, 9.17) is 0 Å². The second-order valence-corrected chi connectivity index (χ2v) is 6.95. The lowest BCUT2D eigenvalue weighted by molar-refractivity contribution is -0.385. The molecule has 1 aromatic heterocycles. The standard InChI is InChI=1S/C13H11IN2O3S/c1-8-9(3-2-4-11(8)16(18)19)6-15-13(17)10-5-12(14)20-7-10/h2-5,7H,6H2,1H3,(H,15,17). The van der Waals surface area contributed by atoms with Crippen LogP contribution in [0.15, 0.2) is 29.6 Å². The van der Waals surface area contributed by atoms with Gasteiger partial charge in [0.15, 0.2) is 0 Å². The van der Waals surface area contributed by atoms with Crippen LogP contribution < -0.4 is 5.32 Å². The van der Waals surface area contributed by atoms with E-state index in [0.717, 1.165) is 8.45 Å². The second-order valence-electron chi connectivity index (χ2n) is 4.14. The van der Waals surface area contributed by atoms with Crippen LogP contribution in [0.2, 0.25) is 0 Å². The summed E-state index contributed by atoms with van der Waals surface area (Å²) in [6.07, 6.45) is 0. The molecule has 2 aromatic rings. The lowest BCUT2D eigenvalue weighted by Crippen LogP contribution is -2.22. The van der Waals surface area contributed by atoms with Crippen molar-refractivity contribution < 1.29 is 9.72 Å². The summed E-state index contributed by atoms with van der Waals surface area (Å²) in [5.74, 6) is -0.171. The van der Waals surface area contributed by atoms with Crippen LogP contribution in [0.4, 0.5) is 5.69 Å². The Labute approximate surface area is 133 Å². The topological polar surface area (TPSA) is 72.2 Å². The fourth-order valence-electron chi connectivity index (χ4n) is 1.77. The highest BCUT2D eigenvalue weighted by atomic mass is 127. The van der Waals surface area contributed by atoms with E-state index >= 15 is 0 Å². The third kappa shape index (κ3) is 3.34. The van der Waals surface area contributed by atoms with Crippen LogP contribution in [-0.4, -0.2) is 10.8 Å². The zero-order valence-corrected chi connectivity index (χ0v) is 13.5. The van der Waals surface area contributed by atoms with Gasteiger partial charge in [0.05, 0.1) is 13.4 Å². The smallest absolute Gasteiger partial charge is 0.272 e. The van der Waals surface area contributed by atoms with E-state index in [9.17, 15) is 14.9 Å². The first-order chi connectivity index (χ1) is 9.49. The number of rotatable bonds is 4. The maximum absolute atomic E-state index is 11.9. The number of carbonyl (C=O) groups excluding carboxylic acids is 1. The van der Waals surface area contributed by atoms with Crippen molar-refractivity contribution in [3.63, 3.8) is 0 Å². The fourth-order valence-corrected chi connectivity index (χ4v) is 3.09. The summed E-state index contributed by atoms with van der Waals surface area (Å²) < 4.78 is 1.04. The maximum atomic E-state index is 11.9. The van der Waals surface area contributed by atoms with Crippen molar-refractivity contribution in [2.75, 3.05) is 0 Å². The minimum atomic E-state index is -0.415. The van der Waals surface area contributed by atoms with Gasteiger partial charge in [-0.3, -0.25) is 14.9 Å². The number of thiophene rings is 1. The first-order valence-corrected chi connectivity index (χ1v) is 7.70. The molecule has 1 N–H and O–H groups in total. The van der Waals surface area contributed by atoms with Crippen LogP contribution >= 0.6 is 33.9 Å². The summed E-state index contributed by atoms with van der Waals surface area (Å²) in [7, 11) is 0. The molecule has 0 bridgehead atoms. The summed E-state index contributed by atoms with van der Waals surface area (Å²) in [6, 6.07) is 6.67. The zero-order valence-electron chi connectivity index (χ0n) is 10.6. The number of benzene rings is 1. The van der Waals surface area contributed by atoms with E-state index in [1.165, 1.54) is 17.4 Å². The Morgan fingerprint density at radius 1 is 1.50 bits per heavy atom. The Hall–Kier alpha value is -1.48. The van der Waals surface area contributed by atoms with Gasteiger partial charge in [-0.25, -0.2) is 0 Å². The molecule has 1 aromatic carbocycles. The average molecular weight is 402 g/mol. The van der Waals surface area contributed by atoms with Crippen molar-refractivity contribution in [2.45, 2.75) is 13.5 Å². The van der Waals surface area contributed by atoms with Crippen molar-refractivity contribution in [1.82, 2.24) is 5.32 Å². The van der Waals surface area contributed by atoms with Gasteiger partial charge in [0, 0.05) is 23.6 Å². The molecule has 0 radical (unpaired) electrons. The molecular formula is C13H11IN2O3S. The van der Waals surface area contributed by atoms with Crippen molar-refractivity contribution in [1.29, 1.82) is 0 Å². The summed E-state index contributed by atoms with van der Waals surface area (Å²) in [4.78, 5) is 22.4. The van der Waals surface area contributed by atoms with Crippen LogP contribution in [-0.2, 0) is 6.54 Å². The number of hydrogen-bond acceptors (Lipinski definition) is 4. The number of nitrogens with zero attached hydrogens (tertiary/aromatic N) is 1. The molecule has 7 heteroatoms. The predicted molar refractivity (Wildman–Crippen MR) is 86.0 cm³/mol. The van der Waals surface area contributed by atoms with Gasteiger partial charge in [-0.05, 0) is 41.1 Å². The van der Waals surface area contributed by atoms with Gasteiger partial charge in [0.2, 0.25) is 0 Å². The van der Waals surface area contributed by atoms with Crippen LogP contribution in [0.3, 0.4) is 0 Å². The van der Waals surface area contributed by atoms with Gasteiger partial charge in [0.1, 0.15) is 0 Å². The molecule has 0 spiro atoms. The van der Waals surface area contributed by atoms with Gasteiger partial charge in [-0.1, -0.05) is 12.1 Å². The lowest BCUT2D eigenvalue weighted by atomic mass is 10.1. The molecule has 0 aliphatic carbocycles. The van der Waals surface area contributed by atoms with Gasteiger partial charge >= 0.3 is 0 Å². The van der Waals surface area contributed by atoms with Gasteiger partial charge in [-0.2, -0.15) is 0 Å². The number of carbonyl (C=O) groups is 1. The number of nitro groups is 1. The Bertz CT molecular complexity index is 669. The molecule has 0 saturated heterocycles. The van der Waals surface area contributed by atoms with Crippen LogP contribution in [0.25, 0.3) is 0 Å². The SMILES string of the molecule is Cc1c(CNC(=O)c2csc(I)c2)cccc1[N+](=O)[O-]. The van der Waals surface area contributed by atoms with Crippen molar-refractivity contribution in [3.05, 3.63) is 59.3 Å². The summed E-state index contributed by atoms with van der Waals surface area (Å²) in [5.41, 5.74) is 2.01. The number of hydrogen-bond donors (Lipinski definition) is 1. The second kappa shape index (κ2) is 6.31. The number of amides is 1. The maximum Gasteiger partial charge on any atom is 0.272 e. The zero-order chi connectivity index (χ0) is 14.7. The van der Waals surface area contributed by atoms with Gasteiger partial charge in [-0.15, -0.1) is 11.3 Å². The van der Waals surface area contributed by atoms with Crippen molar-refractivity contribution >= 4 is 45.5 Å². The lowest BCUT2D eigenvalue weighted by Gasteiger charge is -2.07. The van der Waals surface area contributed by atoms with Gasteiger partial charge < -0.3 is 5.32 Å². The first-order valence-electron chi connectivity index (χ1n) is 5.74. The van der Waals surface area contributed by atoms with Crippen LogP contribution in [0, 0.1) is 19.9 Å². The molecule has 0 aliphatic rings. The largest absolute Gasteiger partial charge is 0.348 e. The van der Waals surface area contributed by atoms with Crippen LogP contribution in [0.5, 0.6) is 0 Å². The summed E-state index contributed by atoms with van der Waals surface area (Å²) >= 11 is 3.65. The summed E-state index contributed by atoms with van der Waals surface area (Å²) in [6.45, 7) is 1.96. The molecular weight excluding hydrogens is 391 g/mol. The van der Waals surface area contributed by atoms with Crippen molar-refractivity contribution in [2.24, 2.45) is 0 Å². The monoisotopic (exact) mass is 402 g/mol. The number of halogens is 1. The van der Waals surface area contributed by atoms with E-state index in [0.29, 0.717) is 11.1 Å². The van der Waals surface area contributed by atoms with E-state index in [1.54, 1.807) is 30.5 Å². The number of nitro benzene ring substituents is 1. The minimum absolute atomic E-state index is 0.0711. The predicted octanol–water partition coefficient (Wildman–Crippen LogP) is 3.50. The normalized spacial score (nSPS) is 10.3. The highest BCUT2D eigenvalue weighted by molar-refractivity contribution is 14.1. The molecule has 0 saturated carbocycles. The average Bonchev–Trinajstić information content (AvgIpc) is 2.83. The summed E-state index contributed by atoms with van der Waals surface area (Å²) in [5, 5.41) is 15.4. The third-order valence-electron chi connectivity index (χ3n) is 2.88. The molecule has 1 amide bonds. The quantitative estimate of drug-likeness (QED) is 0.484. The molecule has 0 fully saturated rings. The molecule has 1 heterocycles. The molecule has 0 unspecified atom stereocenters. The first kappa shape index (κ1) is 14.9. The van der Waals surface area contributed by atoms with Crippen LogP contribution in [0.1, 0.15) is 21.5 Å². The fraction of sp³-hybridized carbons (Fsp3) is 0.154. The Balaban J connectivity index is 2.10.